The van der Waals surface area contributed by atoms with Gasteiger partial charge >= 0.3 is 5.97 Å². The lowest BCUT2D eigenvalue weighted by molar-refractivity contribution is -0.142. The van der Waals surface area contributed by atoms with Gasteiger partial charge in [-0.25, -0.2) is 4.39 Å². The van der Waals surface area contributed by atoms with E-state index in [0.717, 1.165) is 0 Å². The highest BCUT2D eigenvalue weighted by molar-refractivity contribution is 9.10. The smallest absolute Gasteiger partial charge is 0.322 e. The zero-order chi connectivity index (χ0) is 7.28. The fourth-order valence-corrected chi connectivity index (χ4v) is 0.428. The van der Waals surface area contributed by atoms with Crippen LogP contribution in [0.4, 0.5) is 4.39 Å². The summed E-state index contributed by atoms with van der Waals surface area (Å²) in [6.07, 6.45) is 0. The van der Waals surface area contributed by atoms with Crippen molar-refractivity contribution >= 4 is 21.9 Å². The highest BCUT2D eigenvalue weighted by Crippen LogP contribution is 2.01. The number of rotatable bonds is 3. The molecule has 2 nitrogen and oxygen atoms in total. The SMILES string of the molecule is CCOC(=O)C(Br)CF. The Bertz CT molecular complexity index is 97.0. The van der Waals surface area contributed by atoms with Crippen LogP contribution in [0, 0.1) is 0 Å². The number of hydrogen-bond acceptors (Lipinski definition) is 2. The molecule has 0 amide bonds. The molecule has 0 fully saturated rings. The molecule has 4 heteroatoms. The van der Waals surface area contributed by atoms with Crippen molar-refractivity contribution in [3.8, 4) is 0 Å². The third kappa shape index (κ3) is 3.46. The summed E-state index contributed by atoms with van der Waals surface area (Å²) in [6.45, 7) is 1.25. The molecule has 0 spiro atoms. The van der Waals surface area contributed by atoms with E-state index in [1.54, 1.807) is 6.92 Å². The minimum atomic E-state index is -0.794. The average molecular weight is 199 g/mol. The van der Waals surface area contributed by atoms with Gasteiger partial charge in [0.2, 0.25) is 0 Å². The third-order valence-electron chi connectivity index (χ3n) is 0.678. The number of ether oxygens (including phenoxy) is 1. The maximum atomic E-state index is 11.6. The molecule has 0 aliphatic rings. The van der Waals surface area contributed by atoms with Crippen molar-refractivity contribution in [3.05, 3.63) is 0 Å². The largest absolute Gasteiger partial charge is 0.465 e. The maximum absolute atomic E-state index is 11.6. The van der Waals surface area contributed by atoms with Gasteiger partial charge in [0.05, 0.1) is 6.61 Å². The Labute approximate surface area is 61.5 Å². The van der Waals surface area contributed by atoms with Crippen LogP contribution in [0.25, 0.3) is 0 Å². The zero-order valence-corrected chi connectivity index (χ0v) is 6.65. The lowest BCUT2D eigenvalue weighted by Crippen LogP contribution is -2.18. The van der Waals surface area contributed by atoms with Gasteiger partial charge in [-0.1, -0.05) is 15.9 Å². The van der Waals surface area contributed by atoms with E-state index in [2.05, 4.69) is 20.7 Å². The molecule has 1 atom stereocenters. The van der Waals surface area contributed by atoms with Crippen LogP contribution in [-0.2, 0) is 9.53 Å². The average Bonchev–Trinajstić information content (AvgIpc) is 1.87. The van der Waals surface area contributed by atoms with Crippen molar-refractivity contribution in [1.29, 1.82) is 0 Å². The molecule has 0 rings (SSSR count). The molecule has 0 aliphatic carbocycles. The normalized spacial score (nSPS) is 12.8. The second-order valence-corrected chi connectivity index (χ2v) is 2.48. The fourth-order valence-electron chi connectivity index (χ4n) is 0.296. The molecule has 0 bridgehead atoms. The van der Waals surface area contributed by atoms with E-state index < -0.39 is 17.5 Å². The van der Waals surface area contributed by atoms with Crippen LogP contribution in [0.5, 0.6) is 0 Å². The Balaban J connectivity index is 3.46. The van der Waals surface area contributed by atoms with Gasteiger partial charge in [0.1, 0.15) is 11.5 Å². The molecule has 9 heavy (non-hydrogen) atoms. The van der Waals surface area contributed by atoms with E-state index >= 15 is 0 Å². The van der Waals surface area contributed by atoms with Crippen molar-refractivity contribution < 1.29 is 13.9 Å². The number of hydrogen-bond donors (Lipinski definition) is 0. The van der Waals surface area contributed by atoms with E-state index in [0.29, 0.717) is 6.61 Å². The predicted octanol–water partition coefficient (Wildman–Crippen LogP) is 1.28. The molecule has 0 saturated carbocycles. The highest BCUT2D eigenvalue weighted by Gasteiger charge is 2.14. The molecule has 1 unspecified atom stereocenters. The first kappa shape index (κ1) is 8.88. The summed E-state index contributed by atoms with van der Waals surface area (Å²) >= 11 is 2.79. The van der Waals surface area contributed by atoms with Crippen LogP contribution in [0.1, 0.15) is 6.92 Å². The minimum absolute atomic E-state index is 0.293. The first-order valence-corrected chi connectivity index (χ1v) is 3.50. The van der Waals surface area contributed by atoms with Crippen molar-refractivity contribution in [2.75, 3.05) is 13.3 Å². The van der Waals surface area contributed by atoms with Crippen LogP contribution in [0.15, 0.2) is 0 Å². The summed E-state index contributed by atoms with van der Waals surface area (Å²) in [5.41, 5.74) is 0. The van der Waals surface area contributed by atoms with Crippen LogP contribution < -0.4 is 0 Å². The predicted molar refractivity (Wildman–Crippen MR) is 35.3 cm³/mol. The first-order chi connectivity index (χ1) is 4.22. The second-order valence-electron chi connectivity index (χ2n) is 1.37. The van der Waals surface area contributed by atoms with Gasteiger partial charge in [0.15, 0.2) is 0 Å². The molecular formula is C5H8BrFO2. The zero-order valence-electron chi connectivity index (χ0n) is 5.06. The summed E-state index contributed by atoms with van der Waals surface area (Å²) in [5.74, 6) is -0.542. The van der Waals surface area contributed by atoms with Gasteiger partial charge in [-0.05, 0) is 6.92 Å². The molecule has 0 aliphatic heterocycles. The Hall–Kier alpha value is -0.120. The van der Waals surface area contributed by atoms with Crippen molar-refractivity contribution in [2.24, 2.45) is 0 Å². The summed E-state index contributed by atoms with van der Waals surface area (Å²) in [6, 6.07) is 0. The van der Waals surface area contributed by atoms with Crippen LogP contribution in [0.3, 0.4) is 0 Å². The van der Waals surface area contributed by atoms with Crippen molar-refractivity contribution in [2.45, 2.75) is 11.8 Å². The van der Waals surface area contributed by atoms with E-state index in [4.69, 9.17) is 0 Å². The number of alkyl halides is 2. The molecule has 0 heterocycles. The Morgan fingerprint density at radius 2 is 2.44 bits per heavy atom. The summed E-state index contributed by atoms with van der Waals surface area (Å²) in [5, 5.41) is 0. The lowest BCUT2D eigenvalue weighted by atomic mass is 10.5. The van der Waals surface area contributed by atoms with E-state index in [-0.39, 0.29) is 0 Å². The van der Waals surface area contributed by atoms with Crippen LogP contribution in [-0.4, -0.2) is 24.1 Å². The quantitative estimate of drug-likeness (QED) is 0.505. The molecule has 0 radical (unpaired) electrons. The summed E-state index contributed by atoms with van der Waals surface area (Å²) in [7, 11) is 0. The third-order valence-corrected chi connectivity index (χ3v) is 1.30. The monoisotopic (exact) mass is 198 g/mol. The topological polar surface area (TPSA) is 26.3 Å². The Kier molecular flexibility index (Phi) is 4.67. The number of halogens is 2. The molecule has 54 valence electrons. The van der Waals surface area contributed by atoms with E-state index in [9.17, 15) is 9.18 Å². The minimum Gasteiger partial charge on any atom is -0.465 e. The molecule has 0 aromatic carbocycles. The van der Waals surface area contributed by atoms with Gasteiger partial charge in [-0.15, -0.1) is 0 Å². The van der Waals surface area contributed by atoms with Crippen molar-refractivity contribution in [3.63, 3.8) is 0 Å². The number of carbonyl (C=O) groups excluding carboxylic acids is 1. The maximum Gasteiger partial charge on any atom is 0.322 e. The van der Waals surface area contributed by atoms with Crippen LogP contribution >= 0.6 is 15.9 Å². The van der Waals surface area contributed by atoms with Gasteiger partial charge in [-0.3, -0.25) is 4.79 Å². The first-order valence-electron chi connectivity index (χ1n) is 2.59. The molecule has 0 saturated heterocycles. The van der Waals surface area contributed by atoms with Crippen LogP contribution in [0.2, 0.25) is 0 Å². The Morgan fingerprint density at radius 3 is 2.78 bits per heavy atom. The molecule has 0 aromatic rings. The second kappa shape index (κ2) is 4.73. The number of carbonyl (C=O) groups is 1. The van der Waals surface area contributed by atoms with E-state index in [1.807, 2.05) is 0 Å². The summed E-state index contributed by atoms with van der Waals surface area (Å²) in [4.78, 5) is 9.67. The van der Waals surface area contributed by atoms with Gasteiger partial charge < -0.3 is 4.74 Å². The molecular weight excluding hydrogens is 191 g/mol. The van der Waals surface area contributed by atoms with Gasteiger partial charge in [0.25, 0.3) is 0 Å². The van der Waals surface area contributed by atoms with Crippen molar-refractivity contribution in [1.82, 2.24) is 0 Å². The Morgan fingerprint density at radius 1 is 1.89 bits per heavy atom. The fraction of sp³-hybridized carbons (Fsp3) is 0.800. The van der Waals surface area contributed by atoms with Gasteiger partial charge in [0, 0.05) is 0 Å². The lowest BCUT2D eigenvalue weighted by Gasteiger charge is -2.02. The summed E-state index contributed by atoms with van der Waals surface area (Å²) < 4.78 is 16.1. The number of esters is 1. The molecule has 0 N–H and O–H groups in total. The molecule has 0 aromatic heterocycles. The highest BCUT2D eigenvalue weighted by atomic mass is 79.9. The standard InChI is InChI=1S/C5H8BrFO2/c1-2-9-5(8)4(6)3-7/h4H,2-3H2,1H3. The van der Waals surface area contributed by atoms with E-state index in [1.165, 1.54) is 0 Å². The van der Waals surface area contributed by atoms with Gasteiger partial charge in [-0.2, -0.15) is 0 Å².